The van der Waals surface area contributed by atoms with Crippen molar-refractivity contribution in [2.24, 2.45) is 5.73 Å². The van der Waals surface area contributed by atoms with Crippen LogP contribution in [0.15, 0.2) is 12.3 Å². The third-order valence-electron chi connectivity index (χ3n) is 3.57. The number of amides is 2. The van der Waals surface area contributed by atoms with E-state index in [1.807, 2.05) is 0 Å². The van der Waals surface area contributed by atoms with Crippen LogP contribution in [0.3, 0.4) is 0 Å². The molecule has 1 fully saturated rings. The first kappa shape index (κ1) is 16.9. The average Bonchev–Trinajstić information content (AvgIpc) is 2.82. The van der Waals surface area contributed by atoms with Crippen molar-refractivity contribution < 1.29 is 33.8 Å². The average molecular weight is 335 g/mol. The second-order valence-electron chi connectivity index (χ2n) is 5.23. The molecule has 0 radical (unpaired) electrons. The second kappa shape index (κ2) is 6.35. The summed E-state index contributed by atoms with van der Waals surface area (Å²) in [7, 11) is -4.90. The Labute approximate surface area is 126 Å². The summed E-state index contributed by atoms with van der Waals surface area (Å²) >= 11 is 0. The van der Waals surface area contributed by atoms with Crippen LogP contribution in [0.4, 0.5) is 4.79 Å². The topological polar surface area (TPSA) is 162 Å². The fraction of sp³-hybridized carbons (Fsp3) is 0.636. The summed E-state index contributed by atoms with van der Waals surface area (Å²) < 4.78 is 16.2. The van der Waals surface area contributed by atoms with Gasteiger partial charge in [0, 0.05) is 12.2 Å². The lowest BCUT2D eigenvalue weighted by Gasteiger charge is -2.30. The number of hydrogen-bond acceptors (Lipinski definition) is 5. The molecule has 0 aromatic rings. The zero-order valence-corrected chi connectivity index (χ0v) is 12.4. The van der Waals surface area contributed by atoms with Crippen LogP contribution in [0.2, 0.25) is 0 Å². The van der Waals surface area contributed by atoms with Crippen molar-refractivity contribution >= 4 is 19.6 Å². The maximum atomic E-state index is 11.8. The Morgan fingerprint density at radius 3 is 2.73 bits per heavy atom. The van der Waals surface area contributed by atoms with Gasteiger partial charge in [-0.25, -0.2) is 9.59 Å². The molecule has 124 valence electrons. The minimum Gasteiger partial charge on any atom is -0.479 e. The van der Waals surface area contributed by atoms with E-state index in [1.54, 1.807) is 12.3 Å². The van der Waals surface area contributed by atoms with Crippen LogP contribution < -0.4 is 11.1 Å². The molecular formula is C11H18N3O7P. The van der Waals surface area contributed by atoms with Crippen LogP contribution in [0, 0.1) is 0 Å². The Morgan fingerprint density at radius 1 is 1.50 bits per heavy atom. The molecule has 1 saturated carbocycles. The number of carbonyl (C=O) groups is 2. The summed E-state index contributed by atoms with van der Waals surface area (Å²) in [5.74, 6) is -3.89. The van der Waals surface area contributed by atoms with Crippen LogP contribution >= 0.6 is 7.60 Å². The number of nitrogens with two attached hydrogens (primary N) is 1. The van der Waals surface area contributed by atoms with E-state index in [0.717, 1.165) is 0 Å². The normalized spacial score (nSPS) is 30.2. The maximum absolute atomic E-state index is 11.8. The van der Waals surface area contributed by atoms with E-state index in [4.69, 9.17) is 25.4 Å². The molecule has 22 heavy (non-hydrogen) atoms. The lowest BCUT2D eigenvalue weighted by atomic mass is 10.2. The molecule has 1 heterocycles. The molecule has 4 atom stereocenters. The molecule has 2 aliphatic rings. The molecule has 0 spiro atoms. The van der Waals surface area contributed by atoms with Crippen LogP contribution in [-0.4, -0.2) is 56.0 Å². The van der Waals surface area contributed by atoms with Gasteiger partial charge in [-0.3, -0.25) is 9.46 Å². The van der Waals surface area contributed by atoms with Crippen LogP contribution in [-0.2, 0) is 14.1 Å². The van der Waals surface area contributed by atoms with Gasteiger partial charge in [0.1, 0.15) is 0 Å². The van der Waals surface area contributed by atoms with Crippen molar-refractivity contribution in [3.05, 3.63) is 12.3 Å². The number of carboxylic acids is 1. The van der Waals surface area contributed by atoms with Crippen molar-refractivity contribution in [1.82, 2.24) is 10.2 Å². The van der Waals surface area contributed by atoms with E-state index in [0.29, 0.717) is 12.8 Å². The van der Waals surface area contributed by atoms with Gasteiger partial charge in [-0.05, 0) is 25.3 Å². The van der Waals surface area contributed by atoms with Crippen molar-refractivity contribution in [2.75, 3.05) is 0 Å². The molecule has 0 bridgehead atoms. The zero-order valence-electron chi connectivity index (χ0n) is 11.5. The predicted molar refractivity (Wildman–Crippen MR) is 73.5 cm³/mol. The molecular weight excluding hydrogens is 317 g/mol. The Hall–Kier alpha value is -1.45. The van der Waals surface area contributed by atoms with Crippen molar-refractivity contribution in [3.63, 3.8) is 0 Å². The van der Waals surface area contributed by atoms with Gasteiger partial charge in [0.2, 0.25) is 0 Å². The SMILES string of the molecule is NC1C=CN([C@H]2CC[C@@H](OC(C(=O)O)P(=O)(O)O)C2)C(=O)N1. The molecule has 0 saturated heterocycles. The molecule has 1 aliphatic heterocycles. The fourth-order valence-electron chi connectivity index (χ4n) is 2.56. The number of carboxylic acid groups (broad SMARTS) is 1. The van der Waals surface area contributed by atoms with Gasteiger partial charge >= 0.3 is 19.6 Å². The zero-order chi connectivity index (χ0) is 16.5. The molecule has 0 aromatic heterocycles. The van der Waals surface area contributed by atoms with Crippen LogP contribution in [0.5, 0.6) is 0 Å². The molecule has 2 rings (SSSR count). The predicted octanol–water partition coefficient (Wildman–Crippen LogP) is -0.664. The lowest BCUT2D eigenvalue weighted by molar-refractivity contribution is -0.148. The number of hydrogen-bond donors (Lipinski definition) is 5. The number of aliphatic carboxylic acids is 1. The standard InChI is InChI=1S/C11H18N3O7P/c12-8-3-4-14(11(17)13-8)6-1-2-7(5-6)21-10(9(15)16)22(18,19)20/h3-4,6-8,10H,1-2,5,12H2,(H,13,17)(H,15,16)(H2,18,19,20)/t6-,7+,8?,10?/m0/s1. The van der Waals surface area contributed by atoms with Gasteiger partial charge in [-0.2, -0.15) is 0 Å². The van der Waals surface area contributed by atoms with Gasteiger partial charge in [-0.15, -0.1) is 0 Å². The van der Waals surface area contributed by atoms with Crippen LogP contribution in [0.25, 0.3) is 0 Å². The van der Waals surface area contributed by atoms with E-state index in [1.165, 1.54) is 4.90 Å². The quantitative estimate of drug-likeness (QED) is 0.413. The first-order valence-corrected chi connectivity index (χ1v) is 8.33. The molecule has 10 nitrogen and oxygen atoms in total. The van der Waals surface area contributed by atoms with Gasteiger partial charge in [0.15, 0.2) is 0 Å². The van der Waals surface area contributed by atoms with Crippen LogP contribution in [0.1, 0.15) is 19.3 Å². The monoisotopic (exact) mass is 335 g/mol. The summed E-state index contributed by atoms with van der Waals surface area (Å²) in [5.41, 5.74) is 5.54. The summed E-state index contributed by atoms with van der Waals surface area (Å²) in [4.78, 5) is 42.1. The molecule has 1 aliphatic carbocycles. The largest absolute Gasteiger partial charge is 0.479 e. The van der Waals surface area contributed by atoms with E-state index in [-0.39, 0.29) is 18.5 Å². The molecule has 2 unspecified atom stereocenters. The number of rotatable bonds is 5. The molecule has 11 heteroatoms. The van der Waals surface area contributed by atoms with Gasteiger partial charge < -0.3 is 30.7 Å². The molecule has 2 amide bonds. The second-order valence-corrected chi connectivity index (χ2v) is 6.88. The summed E-state index contributed by atoms with van der Waals surface area (Å²) in [6, 6.07) is -0.606. The van der Waals surface area contributed by atoms with E-state index >= 15 is 0 Å². The summed E-state index contributed by atoms with van der Waals surface area (Å²) in [6.45, 7) is 0. The Balaban J connectivity index is 1.98. The number of ether oxygens (including phenoxy) is 1. The molecule has 6 N–H and O–H groups in total. The van der Waals surface area contributed by atoms with Crippen molar-refractivity contribution in [2.45, 2.75) is 43.4 Å². The van der Waals surface area contributed by atoms with Gasteiger partial charge in [0.25, 0.3) is 5.85 Å². The first-order valence-electron chi connectivity index (χ1n) is 6.64. The minimum absolute atomic E-state index is 0.236. The summed E-state index contributed by atoms with van der Waals surface area (Å²) in [6.07, 6.45) is 3.18. The smallest absolute Gasteiger partial charge is 0.365 e. The van der Waals surface area contributed by atoms with Crippen molar-refractivity contribution in [1.29, 1.82) is 0 Å². The third-order valence-corrected chi connectivity index (χ3v) is 4.52. The van der Waals surface area contributed by atoms with E-state index in [2.05, 4.69) is 5.32 Å². The lowest BCUT2D eigenvalue weighted by Crippen LogP contribution is -2.52. The highest BCUT2D eigenvalue weighted by Gasteiger charge is 2.42. The maximum Gasteiger partial charge on any atom is 0.365 e. The number of urea groups is 1. The fourth-order valence-corrected chi connectivity index (χ4v) is 3.18. The highest BCUT2D eigenvalue weighted by molar-refractivity contribution is 7.53. The minimum atomic E-state index is -4.90. The third kappa shape index (κ3) is 3.84. The Bertz CT molecular complexity index is 534. The number of nitrogens with one attached hydrogen (secondary N) is 1. The first-order chi connectivity index (χ1) is 10.2. The number of nitrogens with zero attached hydrogens (tertiary/aromatic N) is 1. The van der Waals surface area contributed by atoms with Gasteiger partial charge in [0.05, 0.1) is 12.3 Å². The number of carbonyl (C=O) groups excluding carboxylic acids is 1. The highest BCUT2D eigenvalue weighted by Crippen LogP contribution is 2.44. The Morgan fingerprint density at radius 2 is 2.18 bits per heavy atom. The van der Waals surface area contributed by atoms with Crippen molar-refractivity contribution in [3.8, 4) is 0 Å². The molecule has 0 aromatic carbocycles. The van der Waals surface area contributed by atoms with E-state index in [9.17, 15) is 14.2 Å². The van der Waals surface area contributed by atoms with E-state index < -0.39 is 31.7 Å². The Kier molecular flexibility index (Phi) is 4.88. The van der Waals surface area contributed by atoms with Gasteiger partial charge in [-0.1, -0.05) is 0 Å². The highest BCUT2D eigenvalue weighted by atomic mass is 31.2. The summed E-state index contributed by atoms with van der Waals surface area (Å²) in [5, 5.41) is 11.4.